The van der Waals surface area contributed by atoms with E-state index < -0.39 is 0 Å². The molecule has 3 heterocycles. The molecule has 0 saturated carbocycles. The van der Waals surface area contributed by atoms with Crippen molar-refractivity contribution in [1.82, 2.24) is 24.4 Å². The Morgan fingerprint density at radius 1 is 1.18 bits per heavy atom. The smallest absolute Gasteiger partial charge is 0.327 e. The number of imidazole rings is 1. The molecule has 3 aromatic heterocycles. The van der Waals surface area contributed by atoms with Crippen molar-refractivity contribution in [3.05, 3.63) is 69.9 Å². The molecule has 0 spiro atoms. The van der Waals surface area contributed by atoms with Gasteiger partial charge < -0.3 is 9.88 Å². The highest BCUT2D eigenvalue weighted by Gasteiger charge is 2.09. The number of fused-ring (bicyclic) bond motifs is 2. The number of aromatic nitrogens is 4. The van der Waals surface area contributed by atoms with Crippen molar-refractivity contribution in [2.45, 2.75) is 13.5 Å². The lowest BCUT2D eigenvalue weighted by Crippen LogP contribution is -2.24. The number of para-hydroxylation sites is 1. The predicted octanol–water partition coefficient (Wildman–Crippen LogP) is 2.47. The molecule has 7 nitrogen and oxygen atoms in total. The van der Waals surface area contributed by atoms with Crippen LogP contribution in [0.2, 0.25) is 0 Å². The van der Waals surface area contributed by atoms with Crippen LogP contribution in [0.5, 0.6) is 0 Å². The van der Waals surface area contributed by atoms with Gasteiger partial charge in [-0.1, -0.05) is 18.2 Å². The maximum absolute atomic E-state index is 12.5. The fourth-order valence-electron chi connectivity index (χ4n) is 3.34. The molecule has 0 unspecified atom stereocenters. The Labute approximate surface area is 161 Å². The van der Waals surface area contributed by atoms with Crippen LogP contribution in [0.4, 0.5) is 0 Å². The summed E-state index contributed by atoms with van der Waals surface area (Å²) in [5, 5.41) is 4.11. The second kappa shape index (κ2) is 6.84. The molecule has 4 rings (SSSR count). The van der Waals surface area contributed by atoms with Crippen molar-refractivity contribution < 1.29 is 4.79 Å². The first kappa shape index (κ1) is 17.8. The summed E-state index contributed by atoms with van der Waals surface area (Å²) in [5.74, 6) is -0.145. The van der Waals surface area contributed by atoms with Gasteiger partial charge in [0.15, 0.2) is 5.65 Å². The number of hydrogen-bond donors (Lipinski definition) is 2. The Hall–Kier alpha value is -3.61. The van der Waals surface area contributed by atoms with E-state index in [0.29, 0.717) is 23.3 Å². The molecule has 4 aromatic rings. The quantitative estimate of drug-likeness (QED) is 0.538. The van der Waals surface area contributed by atoms with Gasteiger partial charge in [0.2, 0.25) is 5.91 Å². The van der Waals surface area contributed by atoms with E-state index in [9.17, 15) is 9.59 Å². The molecule has 0 atom stereocenters. The maximum Gasteiger partial charge on any atom is 0.327 e. The average Bonchev–Trinajstić information content (AvgIpc) is 3.16. The van der Waals surface area contributed by atoms with Crippen molar-refractivity contribution >= 4 is 34.1 Å². The topological polar surface area (TPSA) is 84.7 Å². The van der Waals surface area contributed by atoms with Crippen molar-refractivity contribution in [3.8, 4) is 0 Å². The van der Waals surface area contributed by atoms with Gasteiger partial charge in [-0.2, -0.15) is 0 Å². The molecule has 0 bridgehead atoms. The van der Waals surface area contributed by atoms with E-state index in [1.165, 1.54) is 4.57 Å². The molecule has 0 aliphatic heterocycles. The minimum Gasteiger partial charge on any atom is -0.347 e. The molecule has 142 valence electrons. The first-order chi connectivity index (χ1) is 13.4. The minimum atomic E-state index is -0.215. The Balaban J connectivity index is 1.52. The summed E-state index contributed by atoms with van der Waals surface area (Å²) in [4.78, 5) is 31.1. The van der Waals surface area contributed by atoms with Crippen molar-refractivity contribution in [1.29, 1.82) is 0 Å². The standard InChI is InChI=1S/C21H21N5O2/c1-13(8-14-9-18-19(22-11-14)24-21(28)26(18)3)20(27)23-12-16-10-15-6-4-5-7-17(15)25(16)2/h4-11H,12H2,1-3H3,(H,23,27)(H,22,24,28). The van der Waals surface area contributed by atoms with E-state index in [4.69, 9.17) is 0 Å². The van der Waals surface area contributed by atoms with Gasteiger partial charge in [-0.15, -0.1) is 0 Å². The molecule has 0 radical (unpaired) electrons. The number of nitrogens with zero attached hydrogens (tertiary/aromatic N) is 3. The largest absolute Gasteiger partial charge is 0.347 e. The summed E-state index contributed by atoms with van der Waals surface area (Å²) in [5.41, 5.74) is 4.51. The van der Waals surface area contributed by atoms with Crippen LogP contribution in [-0.2, 0) is 25.4 Å². The normalized spacial score (nSPS) is 12.0. The lowest BCUT2D eigenvalue weighted by Gasteiger charge is -2.07. The van der Waals surface area contributed by atoms with E-state index in [-0.39, 0.29) is 11.6 Å². The van der Waals surface area contributed by atoms with Crippen LogP contribution in [0.15, 0.2) is 53.0 Å². The number of H-pyrrole nitrogens is 1. The summed E-state index contributed by atoms with van der Waals surface area (Å²) >= 11 is 0. The number of pyridine rings is 1. The van der Waals surface area contributed by atoms with Crippen LogP contribution in [-0.4, -0.2) is 25.0 Å². The number of nitrogens with one attached hydrogen (secondary N) is 2. The highest BCUT2D eigenvalue weighted by molar-refractivity contribution is 5.97. The molecular weight excluding hydrogens is 354 g/mol. The zero-order chi connectivity index (χ0) is 19.8. The molecule has 2 N–H and O–H groups in total. The second-order valence-corrected chi connectivity index (χ2v) is 6.89. The summed E-state index contributed by atoms with van der Waals surface area (Å²) in [6.07, 6.45) is 3.40. The third-order valence-electron chi connectivity index (χ3n) is 5.00. The fourth-order valence-corrected chi connectivity index (χ4v) is 3.34. The number of hydrogen-bond acceptors (Lipinski definition) is 3. The van der Waals surface area contributed by atoms with Gasteiger partial charge in [0.25, 0.3) is 0 Å². The fraction of sp³-hybridized carbons (Fsp3) is 0.190. The molecule has 1 amide bonds. The minimum absolute atomic E-state index is 0.145. The van der Waals surface area contributed by atoms with Crippen LogP contribution < -0.4 is 11.0 Å². The van der Waals surface area contributed by atoms with Gasteiger partial charge in [0.1, 0.15) is 0 Å². The number of rotatable bonds is 4. The highest BCUT2D eigenvalue weighted by Crippen LogP contribution is 2.18. The van der Waals surface area contributed by atoms with Gasteiger partial charge in [-0.25, -0.2) is 9.78 Å². The van der Waals surface area contributed by atoms with Gasteiger partial charge in [-0.3, -0.25) is 14.3 Å². The Kier molecular flexibility index (Phi) is 4.35. The third kappa shape index (κ3) is 3.11. The number of carbonyl (C=O) groups is 1. The number of aromatic amines is 1. The van der Waals surface area contributed by atoms with Crippen molar-refractivity contribution in [3.63, 3.8) is 0 Å². The SMILES string of the molecule is CC(=Cc1cnc2[nH]c(=O)n(C)c2c1)C(=O)NCc1cc2ccccc2n1C. The van der Waals surface area contributed by atoms with Gasteiger partial charge >= 0.3 is 5.69 Å². The Morgan fingerprint density at radius 2 is 1.96 bits per heavy atom. The van der Waals surface area contributed by atoms with Crippen LogP contribution in [0.25, 0.3) is 28.1 Å². The van der Waals surface area contributed by atoms with E-state index in [2.05, 4.69) is 38.1 Å². The second-order valence-electron chi connectivity index (χ2n) is 6.89. The maximum atomic E-state index is 12.5. The zero-order valence-electron chi connectivity index (χ0n) is 16.0. The first-order valence-corrected chi connectivity index (χ1v) is 8.98. The monoisotopic (exact) mass is 375 g/mol. The molecule has 7 heteroatoms. The third-order valence-corrected chi connectivity index (χ3v) is 5.00. The molecule has 0 aliphatic rings. The van der Waals surface area contributed by atoms with E-state index in [0.717, 1.165) is 22.2 Å². The number of benzene rings is 1. The van der Waals surface area contributed by atoms with Crippen LogP contribution in [0, 0.1) is 0 Å². The lowest BCUT2D eigenvalue weighted by molar-refractivity contribution is -0.117. The summed E-state index contributed by atoms with van der Waals surface area (Å²) < 4.78 is 3.58. The predicted molar refractivity (Wildman–Crippen MR) is 110 cm³/mol. The molecule has 28 heavy (non-hydrogen) atoms. The lowest BCUT2D eigenvalue weighted by atomic mass is 10.1. The molecule has 0 aliphatic carbocycles. The zero-order valence-corrected chi connectivity index (χ0v) is 16.0. The molecular formula is C21H21N5O2. The molecule has 0 saturated heterocycles. The summed E-state index contributed by atoms with van der Waals surface area (Å²) in [7, 11) is 3.67. The van der Waals surface area contributed by atoms with Gasteiger partial charge in [-0.05, 0) is 42.1 Å². The first-order valence-electron chi connectivity index (χ1n) is 8.98. The Morgan fingerprint density at radius 3 is 2.75 bits per heavy atom. The highest BCUT2D eigenvalue weighted by atomic mass is 16.2. The van der Waals surface area contributed by atoms with E-state index >= 15 is 0 Å². The van der Waals surface area contributed by atoms with E-state index in [1.807, 2.05) is 25.2 Å². The number of amides is 1. The van der Waals surface area contributed by atoms with Crippen LogP contribution in [0.3, 0.4) is 0 Å². The summed E-state index contributed by atoms with van der Waals surface area (Å²) in [6, 6.07) is 12.0. The van der Waals surface area contributed by atoms with E-state index in [1.54, 1.807) is 26.2 Å². The van der Waals surface area contributed by atoms with Crippen LogP contribution >= 0.6 is 0 Å². The van der Waals surface area contributed by atoms with Gasteiger partial charge in [0, 0.05) is 37.1 Å². The molecule has 0 fully saturated rings. The Bertz CT molecular complexity index is 1290. The van der Waals surface area contributed by atoms with Crippen LogP contribution in [0.1, 0.15) is 18.2 Å². The van der Waals surface area contributed by atoms with Gasteiger partial charge in [0.05, 0.1) is 12.1 Å². The van der Waals surface area contributed by atoms with Crippen molar-refractivity contribution in [2.24, 2.45) is 14.1 Å². The van der Waals surface area contributed by atoms with Crippen molar-refractivity contribution in [2.75, 3.05) is 0 Å². The summed E-state index contributed by atoms with van der Waals surface area (Å²) in [6.45, 7) is 2.20. The number of aryl methyl sites for hydroxylation is 2. The molecule has 1 aromatic carbocycles. The number of carbonyl (C=O) groups excluding carboxylic acids is 1. The average molecular weight is 375 g/mol.